The second-order valence-corrected chi connectivity index (χ2v) is 6.64. The number of ketones is 1. The van der Waals surface area contributed by atoms with Gasteiger partial charge in [-0.05, 0) is 18.6 Å². The van der Waals surface area contributed by atoms with E-state index in [4.69, 9.17) is 11.6 Å². The van der Waals surface area contributed by atoms with Gasteiger partial charge in [-0.1, -0.05) is 32.4 Å². The van der Waals surface area contributed by atoms with Crippen LogP contribution in [0.4, 0.5) is 0 Å². The van der Waals surface area contributed by atoms with E-state index in [9.17, 15) is 13.2 Å². The molecule has 0 aliphatic heterocycles. The van der Waals surface area contributed by atoms with E-state index in [1.54, 1.807) is 0 Å². The molecule has 0 aliphatic carbocycles. The predicted octanol–water partition coefficient (Wildman–Crippen LogP) is 2.92. The van der Waals surface area contributed by atoms with E-state index in [2.05, 4.69) is 0 Å². The summed E-state index contributed by atoms with van der Waals surface area (Å²) in [6.07, 6.45) is 1.77. The lowest BCUT2D eigenvalue weighted by Crippen LogP contribution is -2.31. The molecule has 0 saturated carbocycles. The summed E-state index contributed by atoms with van der Waals surface area (Å²) in [5, 5.41) is 0. The zero-order valence-corrected chi connectivity index (χ0v) is 13.4. The smallest absolute Gasteiger partial charge is 0.243 e. The van der Waals surface area contributed by atoms with Crippen LogP contribution in [0.15, 0.2) is 29.2 Å². The Balaban J connectivity index is 2.99. The zero-order valence-electron chi connectivity index (χ0n) is 11.8. The summed E-state index contributed by atoms with van der Waals surface area (Å²) in [5.41, 5.74) is 0.426. The molecule has 1 aromatic carbocycles. The molecule has 0 atom stereocenters. The Morgan fingerprint density at radius 3 is 2.25 bits per heavy atom. The Morgan fingerprint density at radius 1 is 1.20 bits per heavy atom. The van der Waals surface area contributed by atoms with E-state index >= 15 is 0 Å². The highest BCUT2D eigenvalue weighted by Gasteiger charge is 2.22. The molecule has 0 saturated heterocycles. The molecule has 0 heterocycles. The summed E-state index contributed by atoms with van der Waals surface area (Å²) in [4.78, 5) is 11.6. The van der Waals surface area contributed by atoms with Crippen molar-refractivity contribution in [2.45, 2.75) is 31.6 Å². The molecule has 20 heavy (non-hydrogen) atoms. The van der Waals surface area contributed by atoms with Crippen molar-refractivity contribution in [1.82, 2.24) is 4.31 Å². The van der Waals surface area contributed by atoms with E-state index in [1.807, 2.05) is 13.8 Å². The fraction of sp³-hybridized carbons (Fsp3) is 0.500. The Kier molecular flexibility index (Phi) is 6.65. The first-order valence-corrected chi connectivity index (χ1v) is 8.64. The number of rotatable bonds is 8. The van der Waals surface area contributed by atoms with Gasteiger partial charge in [0.2, 0.25) is 10.0 Å². The number of nitrogens with zero attached hydrogens (tertiary/aromatic N) is 1. The number of alkyl halides is 1. The molecular formula is C14H20ClNO3S. The Morgan fingerprint density at radius 2 is 1.80 bits per heavy atom. The average molecular weight is 318 g/mol. The number of sulfonamides is 1. The number of benzene rings is 1. The van der Waals surface area contributed by atoms with Gasteiger partial charge in [-0.25, -0.2) is 8.42 Å². The molecular weight excluding hydrogens is 298 g/mol. The number of carbonyl (C=O) groups excluding carboxylic acids is 1. The highest BCUT2D eigenvalue weighted by molar-refractivity contribution is 7.89. The van der Waals surface area contributed by atoms with Crippen LogP contribution in [-0.2, 0) is 10.0 Å². The van der Waals surface area contributed by atoms with Crippen LogP contribution in [0.3, 0.4) is 0 Å². The van der Waals surface area contributed by atoms with E-state index in [1.165, 1.54) is 28.6 Å². The first-order valence-electron chi connectivity index (χ1n) is 6.66. The van der Waals surface area contributed by atoms with Gasteiger partial charge in [0.15, 0.2) is 5.78 Å². The molecule has 4 nitrogen and oxygen atoms in total. The number of halogens is 1. The van der Waals surface area contributed by atoms with Gasteiger partial charge < -0.3 is 0 Å². The number of carbonyl (C=O) groups is 1. The van der Waals surface area contributed by atoms with Gasteiger partial charge in [-0.2, -0.15) is 4.31 Å². The molecule has 6 heteroatoms. The topological polar surface area (TPSA) is 54.5 Å². The number of Topliss-reactive ketones (excluding diaryl/α,β-unsaturated/α-hetero) is 1. The van der Waals surface area contributed by atoms with Gasteiger partial charge in [0.25, 0.3) is 0 Å². The largest absolute Gasteiger partial charge is 0.293 e. The Hall–Kier alpha value is -0.910. The summed E-state index contributed by atoms with van der Waals surface area (Å²) < 4.78 is 26.3. The molecule has 1 aromatic rings. The Labute approximate surface area is 125 Å². The highest BCUT2D eigenvalue weighted by Crippen LogP contribution is 2.17. The summed E-state index contributed by atoms with van der Waals surface area (Å²) in [6, 6.07) is 5.93. The number of unbranched alkanes of at least 4 members (excludes halogenated alkanes) is 1. The maximum atomic E-state index is 12.4. The molecule has 0 spiro atoms. The molecule has 0 bridgehead atoms. The third-order valence-electron chi connectivity index (χ3n) is 3.05. The predicted molar refractivity (Wildman–Crippen MR) is 80.8 cm³/mol. The third kappa shape index (κ3) is 4.04. The minimum atomic E-state index is -3.48. The van der Waals surface area contributed by atoms with Crippen molar-refractivity contribution < 1.29 is 13.2 Å². The monoisotopic (exact) mass is 317 g/mol. The first kappa shape index (κ1) is 17.1. The van der Waals surface area contributed by atoms with E-state index in [0.717, 1.165) is 12.8 Å². The van der Waals surface area contributed by atoms with Gasteiger partial charge in [0, 0.05) is 18.7 Å². The molecule has 0 aromatic heterocycles. The van der Waals surface area contributed by atoms with Crippen LogP contribution in [-0.4, -0.2) is 37.5 Å². The lowest BCUT2D eigenvalue weighted by Gasteiger charge is -2.20. The molecule has 0 fully saturated rings. The van der Waals surface area contributed by atoms with Crippen LogP contribution >= 0.6 is 11.6 Å². The van der Waals surface area contributed by atoms with Crippen molar-refractivity contribution >= 4 is 27.4 Å². The second kappa shape index (κ2) is 7.76. The van der Waals surface area contributed by atoms with Gasteiger partial charge in [0.05, 0.1) is 10.8 Å². The average Bonchev–Trinajstić information content (AvgIpc) is 2.47. The minimum Gasteiger partial charge on any atom is -0.293 e. The standard InChI is InChI=1S/C14H20ClNO3S/c1-3-5-10-16(4-2)20(18,19)13-8-6-12(7-9-13)14(17)11-15/h6-9H,3-5,10-11H2,1-2H3. The summed E-state index contributed by atoms with van der Waals surface area (Å²) >= 11 is 5.47. The van der Waals surface area contributed by atoms with Crippen LogP contribution in [0.2, 0.25) is 0 Å². The summed E-state index contributed by atoms with van der Waals surface area (Å²) in [6.45, 7) is 4.79. The van der Waals surface area contributed by atoms with Crippen LogP contribution in [0, 0.1) is 0 Å². The second-order valence-electron chi connectivity index (χ2n) is 4.43. The number of hydrogen-bond acceptors (Lipinski definition) is 3. The maximum absolute atomic E-state index is 12.4. The molecule has 1 rings (SSSR count). The lowest BCUT2D eigenvalue weighted by atomic mass is 10.1. The van der Waals surface area contributed by atoms with Crippen LogP contribution in [0.25, 0.3) is 0 Å². The fourth-order valence-electron chi connectivity index (χ4n) is 1.82. The maximum Gasteiger partial charge on any atom is 0.243 e. The third-order valence-corrected chi connectivity index (χ3v) is 5.28. The molecule has 0 radical (unpaired) electrons. The molecule has 112 valence electrons. The fourth-order valence-corrected chi connectivity index (χ4v) is 3.46. The highest BCUT2D eigenvalue weighted by atomic mass is 35.5. The van der Waals surface area contributed by atoms with E-state index in [0.29, 0.717) is 18.7 Å². The van der Waals surface area contributed by atoms with Crippen molar-refractivity contribution in [2.75, 3.05) is 19.0 Å². The first-order chi connectivity index (χ1) is 9.47. The van der Waals surface area contributed by atoms with Crippen molar-refractivity contribution in [3.63, 3.8) is 0 Å². The quantitative estimate of drug-likeness (QED) is 0.547. The zero-order chi connectivity index (χ0) is 15.2. The van der Waals surface area contributed by atoms with E-state index < -0.39 is 10.0 Å². The van der Waals surface area contributed by atoms with Crippen molar-refractivity contribution in [3.05, 3.63) is 29.8 Å². The van der Waals surface area contributed by atoms with Crippen LogP contribution < -0.4 is 0 Å². The van der Waals surface area contributed by atoms with Crippen molar-refractivity contribution in [1.29, 1.82) is 0 Å². The van der Waals surface area contributed by atoms with Crippen molar-refractivity contribution in [2.24, 2.45) is 0 Å². The summed E-state index contributed by atoms with van der Waals surface area (Å²) in [7, 11) is -3.48. The SMILES string of the molecule is CCCCN(CC)S(=O)(=O)c1ccc(C(=O)CCl)cc1. The van der Waals surface area contributed by atoms with Crippen LogP contribution in [0.1, 0.15) is 37.0 Å². The molecule has 0 amide bonds. The van der Waals surface area contributed by atoms with Gasteiger partial charge >= 0.3 is 0 Å². The van der Waals surface area contributed by atoms with Crippen molar-refractivity contribution in [3.8, 4) is 0 Å². The lowest BCUT2D eigenvalue weighted by molar-refractivity contribution is 0.102. The summed E-state index contributed by atoms with van der Waals surface area (Å²) in [5.74, 6) is -0.321. The van der Waals surface area contributed by atoms with Gasteiger partial charge in [-0.15, -0.1) is 11.6 Å². The molecule has 0 unspecified atom stereocenters. The Bertz CT molecular complexity index is 540. The molecule has 0 N–H and O–H groups in total. The van der Waals surface area contributed by atoms with E-state index in [-0.39, 0.29) is 16.6 Å². The normalized spacial score (nSPS) is 11.8. The number of hydrogen-bond donors (Lipinski definition) is 0. The molecule has 0 aliphatic rings. The minimum absolute atomic E-state index is 0.107. The van der Waals surface area contributed by atoms with Gasteiger partial charge in [-0.3, -0.25) is 4.79 Å². The van der Waals surface area contributed by atoms with Gasteiger partial charge in [0.1, 0.15) is 0 Å². The van der Waals surface area contributed by atoms with Crippen LogP contribution in [0.5, 0.6) is 0 Å².